The first-order chi connectivity index (χ1) is 12.3. The molecule has 0 fully saturated rings. The number of imidazole rings is 1. The lowest BCUT2D eigenvalue weighted by molar-refractivity contribution is 0.101. The fourth-order valence-corrected chi connectivity index (χ4v) is 3.18. The van der Waals surface area contributed by atoms with E-state index in [-0.39, 0.29) is 39.5 Å². The van der Waals surface area contributed by atoms with Gasteiger partial charge in [0.2, 0.25) is 0 Å². The van der Waals surface area contributed by atoms with Crippen molar-refractivity contribution in [3.63, 3.8) is 0 Å². The molecule has 0 aliphatic rings. The molecule has 0 spiro atoms. The van der Waals surface area contributed by atoms with E-state index in [0.717, 1.165) is 22.4 Å². The fourth-order valence-electron chi connectivity index (χ4n) is 2.43. The number of aromatic nitrogens is 4. The molecule has 11 heteroatoms. The molecule has 0 amide bonds. The van der Waals surface area contributed by atoms with E-state index in [4.69, 9.17) is 4.74 Å². The highest BCUT2D eigenvalue weighted by molar-refractivity contribution is 8.93. The van der Waals surface area contributed by atoms with Crippen molar-refractivity contribution in [2.75, 3.05) is 12.9 Å². The largest absolute Gasteiger partial charge is 0.497 e. The Bertz CT molecular complexity index is 1140. The lowest BCUT2D eigenvalue weighted by Gasteiger charge is -2.04. The fraction of sp³-hybridized carbons (Fsp3) is 0.250. The highest BCUT2D eigenvalue weighted by atomic mass is 79.9. The van der Waals surface area contributed by atoms with Crippen molar-refractivity contribution < 1.29 is 13.9 Å². The van der Waals surface area contributed by atoms with Crippen LogP contribution in [0.1, 0.15) is 10.4 Å². The lowest BCUT2D eigenvalue weighted by atomic mass is 10.1. The summed E-state index contributed by atoms with van der Waals surface area (Å²) in [5, 5.41) is 0.292. The monoisotopic (exact) mass is 458 g/mol. The maximum Gasteiger partial charge on any atom is 0.332 e. The van der Waals surface area contributed by atoms with Crippen LogP contribution in [0.5, 0.6) is 5.75 Å². The van der Waals surface area contributed by atoms with Gasteiger partial charge in [-0.05, 0) is 12.1 Å². The van der Waals surface area contributed by atoms with Crippen LogP contribution in [0.2, 0.25) is 0 Å². The zero-order valence-corrected chi connectivity index (χ0v) is 17.1. The molecule has 1 aromatic carbocycles. The first-order valence-electron chi connectivity index (χ1n) is 7.48. The van der Waals surface area contributed by atoms with Gasteiger partial charge < -0.3 is 9.72 Å². The number of ether oxygens (including phenoxy) is 1. The molecule has 0 saturated heterocycles. The molecule has 0 saturated carbocycles. The number of thioether (sulfide) groups is 1. The van der Waals surface area contributed by atoms with Gasteiger partial charge in [-0.15, -0.1) is 17.0 Å². The van der Waals surface area contributed by atoms with Crippen LogP contribution in [0.25, 0.3) is 11.2 Å². The number of rotatable bonds is 5. The Morgan fingerprint density at radius 3 is 2.63 bits per heavy atom. The van der Waals surface area contributed by atoms with Crippen molar-refractivity contribution in [3.8, 4) is 5.75 Å². The Kier molecular flexibility index (Phi) is 6.26. The van der Waals surface area contributed by atoms with Gasteiger partial charge in [-0.25, -0.2) is 14.2 Å². The molecule has 27 heavy (non-hydrogen) atoms. The van der Waals surface area contributed by atoms with Gasteiger partial charge in [-0.1, -0.05) is 11.8 Å². The van der Waals surface area contributed by atoms with E-state index in [0.29, 0.717) is 10.9 Å². The summed E-state index contributed by atoms with van der Waals surface area (Å²) in [6, 6.07) is 4.00. The topological polar surface area (TPSA) is 99.0 Å². The number of aromatic amines is 1. The van der Waals surface area contributed by atoms with Gasteiger partial charge in [0.1, 0.15) is 11.6 Å². The average Bonchev–Trinajstić information content (AvgIpc) is 3.07. The van der Waals surface area contributed by atoms with E-state index < -0.39 is 22.8 Å². The Morgan fingerprint density at radius 1 is 1.30 bits per heavy atom. The summed E-state index contributed by atoms with van der Waals surface area (Å²) < 4.78 is 21.1. The number of carbonyl (C=O) groups is 1. The van der Waals surface area contributed by atoms with Gasteiger partial charge in [0.15, 0.2) is 22.1 Å². The third kappa shape index (κ3) is 3.83. The van der Waals surface area contributed by atoms with E-state index in [9.17, 15) is 18.8 Å². The quantitative estimate of drug-likeness (QED) is 0.461. The summed E-state index contributed by atoms with van der Waals surface area (Å²) in [5.41, 5.74) is -0.696. The van der Waals surface area contributed by atoms with Crippen LogP contribution in [-0.2, 0) is 14.1 Å². The van der Waals surface area contributed by atoms with Crippen molar-refractivity contribution in [2.24, 2.45) is 14.1 Å². The Morgan fingerprint density at radius 2 is 2.00 bits per heavy atom. The normalized spacial score (nSPS) is 10.7. The molecule has 3 rings (SSSR count). The van der Waals surface area contributed by atoms with Gasteiger partial charge in [0.05, 0.1) is 18.4 Å². The predicted molar refractivity (Wildman–Crippen MR) is 105 cm³/mol. The van der Waals surface area contributed by atoms with Crippen LogP contribution in [0.15, 0.2) is 32.9 Å². The molecule has 2 aromatic heterocycles. The molecule has 8 nitrogen and oxygen atoms in total. The Labute approximate surface area is 167 Å². The van der Waals surface area contributed by atoms with Crippen LogP contribution in [0.4, 0.5) is 4.39 Å². The molecule has 0 aliphatic carbocycles. The zero-order chi connectivity index (χ0) is 19.0. The maximum absolute atomic E-state index is 14.0. The Balaban J connectivity index is 0.00000261. The van der Waals surface area contributed by atoms with E-state index in [2.05, 4.69) is 9.97 Å². The summed E-state index contributed by atoms with van der Waals surface area (Å²) in [5.74, 6) is -0.869. The van der Waals surface area contributed by atoms with Crippen LogP contribution >= 0.6 is 28.7 Å². The molecule has 0 radical (unpaired) electrons. The molecular formula is C16H16BrFN4O4S. The molecule has 0 unspecified atom stereocenters. The molecule has 0 aliphatic heterocycles. The second kappa shape index (κ2) is 8.09. The van der Waals surface area contributed by atoms with Crippen molar-refractivity contribution in [3.05, 3.63) is 50.4 Å². The number of methoxy groups -OCH3 is 1. The molecule has 144 valence electrons. The number of H-pyrrole nitrogens is 1. The minimum absolute atomic E-state index is 0. The molecular weight excluding hydrogens is 443 g/mol. The third-order valence-corrected chi connectivity index (χ3v) is 4.76. The maximum atomic E-state index is 14.0. The van der Waals surface area contributed by atoms with E-state index in [1.807, 2.05) is 0 Å². The average molecular weight is 459 g/mol. The number of nitrogens with zero attached hydrogens (tertiary/aromatic N) is 3. The minimum Gasteiger partial charge on any atom is -0.497 e. The van der Waals surface area contributed by atoms with Gasteiger partial charge in [-0.2, -0.15) is 0 Å². The molecule has 3 aromatic rings. The molecule has 2 heterocycles. The number of benzene rings is 1. The van der Waals surface area contributed by atoms with Crippen molar-refractivity contribution in [1.82, 2.24) is 19.1 Å². The van der Waals surface area contributed by atoms with Crippen molar-refractivity contribution in [2.45, 2.75) is 5.16 Å². The number of carbonyl (C=O) groups excluding carboxylic acids is 1. The van der Waals surface area contributed by atoms with E-state index >= 15 is 0 Å². The number of Topliss-reactive ketones (excluding diaryl/α,β-unsaturated/α-hetero) is 1. The number of hydrogen-bond acceptors (Lipinski definition) is 6. The zero-order valence-electron chi connectivity index (χ0n) is 14.6. The highest BCUT2D eigenvalue weighted by Gasteiger charge is 2.17. The highest BCUT2D eigenvalue weighted by Crippen LogP contribution is 2.21. The second-order valence-corrected chi connectivity index (χ2v) is 6.47. The number of halogens is 2. The molecule has 1 N–H and O–H groups in total. The van der Waals surface area contributed by atoms with Gasteiger partial charge in [0, 0.05) is 20.2 Å². The SMILES string of the molecule is Br.COc1ccc(C(=O)CSc2nc3c([nH]2)c(=O)n(C)c(=O)n3C)c(F)c1. The van der Waals surface area contributed by atoms with Gasteiger partial charge >= 0.3 is 5.69 Å². The van der Waals surface area contributed by atoms with Crippen LogP contribution in [0, 0.1) is 5.82 Å². The van der Waals surface area contributed by atoms with Gasteiger partial charge in [0.25, 0.3) is 5.56 Å². The standard InChI is InChI=1S/C16H15FN4O4S.BrH/c1-20-13-12(14(23)21(2)16(20)24)18-15(19-13)26-7-11(22)9-5-4-8(25-3)6-10(9)17;/h4-6H,7H2,1-3H3,(H,18,19);1H. The molecule has 0 bridgehead atoms. The first kappa shape index (κ1) is 20.9. The lowest BCUT2D eigenvalue weighted by Crippen LogP contribution is -2.36. The summed E-state index contributed by atoms with van der Waals surface area (Å²) in [6.07, 6.45) is 0. The smallest absolute Gasteiger partial charge is 0.332 e. The number of ketones is 1. The predicted octanol–water partition coefficient (Wildman–Crippen LogP) is 1.66. The minimum atomic E-state index is -0.671. The number of hydrogen-bond donors (Lipinski definition) is 1. The Hall–Kier alpha value is -2.40. The second-order valence-electron chi connectivity index (χ2n) is 5.50. The number of aryl methyl sites for hydroxylation is 1. The van der Waals surface area contributed by atoms with Crippen LogP contribution in [0.3, 0.4) is 0 Å². The van der Waals surface area contributed by atoms with Gasteiger partial charge in [-0.3, -0.25) is 18.7 Å². The third-order valence-electron chi connectivity index (χ3n) is 3.89. The van der Waals surface area contributed by atoms with Crippen molar-refractivity contribution >= 4 is 45.7 Å². The van der Waals surface area contributed by atoms with E-state index in [1.165, 1.54) is 37.9 Å². The van der Waals surface area contributed by atoms with E-state index in [1.54, 1.807) is 0 Å². The number of fused-ring (bicyclic) bond motifs is 1. The van der Waals surface area contributed by atoms with Crippen molar-refractivity contribution in [1.29, 1.82) is 0 Å². The number of nitrogens with one attached hydrogen (secondary N) is 1. The summed E-state index contributed by atoms with van der Waals surface area (Å²) >= 11 is 1.02. The summed E-state index contributed by atoms with van der Waals surface area (Å²) in [7, 11) is 4.27. The first-order valence-corrected chi connectivity index (χ1v) is 8.47. The summed E-state index contributed by atoms with van der Waals surface area (Å²) in [6.45, 7) is 0. The van der Waals surface area contributed by atoms with Crippen LogP contribution < -0.4 is 16.0 Å². The van der Waals surface area contributed by atoms with Crippen LogP contribution in [-0.4, -0.2) is 37.7 Å². The molecule has 0 atom stereocenters. The summed E-state index contributed by atoms with van der Waals surface area (Å²) in [4.78, 5) is 43.3.